The third-order valence-corrected chi connectivity index (χ3v) is 6.56. The predicted octanol–water partition coefficient (Wildman–Crippen LogP) is 2.19. The van der Waals surface area contributed by atoms with E-state index in [0.717, 1.165) is 30.2 Å². The van der Waals surface area contributed by atoms with Crippen molar-refractivity contribution in [2.75, 3.05) is 19.3 Å². The second-order valence-corrected chi connectivity index (χ2v) is 11.0. The molecule has 0 aromatic heterocycles. The SMILES string of the molecule is CC(CNS(=O)(=O)C(C)C)c1ccc(C#CCCCCNS(C)(=O)=O)cc1. The Morgan fingerprint density at radius 2 is 1.59 bits per heavy atom. The van der Waals surface area contributed by atoms with Crippen LogP contribution in [0.1, 0.15) is 57.1 Å². The quantitative estimate of drug-likeness (QED) is 0.453. The molecule has 0 aliphatic heterocycles. The normalized spacial score (nSPS) is 13.2. The van der Waals surface area contributed by atoms with Gasteiger partial charge in [0, 0.05) is 25.1 Å². The maximum atomic E-state index is 11.8. The number of hydrogen-bond donors (Lipinski definition) is 2. The summed E-state index contributed by atoms with van der Waals surface area (Å²) in [5, 5.41) is -0.440. The first-order chi connectivity index (χ1) is 12.5. The Bertz CT molecular complexity index is 849. The molecule has 0 saturated heterocycles. The molecule has 0 fully saturated rings. The Hall–Kier alpha value is -1.40. The average molecular weight is 415 g/mol. The Morgan fingerprint density at radius 1 is 0.963 bits per heavy atom. The van der Waals surface area contributed by atoms with Crippen molar-refractivity contribution in [2.45, 2.75) is 51.2 Å². The van der Waals surface area contributed by atoms with Gasteiger partial charge in [0.15, 0.2) is 0 Å². The van der Waals surface area contributed by atoms with E-state index in [0.29, 0.717) is 19.5 Å². The molecule has 6 nitrogen and oxygen atoms in total. The molecule has 0 spiro atoms. The summed E-state index contributed by atoms with van der Waals surface area (Å²) in [6, 6.07) is 7.80. The molecule has 0 radical (unpaired) electrons. The molecule has 0 heterocycles. The summed E-state index contributed by atoms with van der Waals surface area (Å²) in [5.74, 6) is 6.25. The summed E-state index contributed by atoms with van der Waals surface area (Å²) in [6.45, 7) is 6.10. The highest BCUT2D eigenvalue weighted by molar-refractivity contribution is 7.90. The number of rotatable bonds is 10. The summed E-state index contributed by atoms with van der Waals surface area (Å²) < 4.78 is 50.6. The van der Waals surface area contributed by atoms with Gasteiger partial charge in [0.25, 0.3) is 0 Å². The molecular weight excluding hydrogens is 384 g/mol. The monoisotopic (exact) mass is 414 g/mol. The van der Waals surface area contributed by atoms with Gasteiger partial charge in [-0.1, -0.05) is 30.9 Å². The van der Waals surface area contributed by atoms with Crippen molar-refractivity contribution >= 4 is 20.0 Å². The van der Waals surface area contributed by atoms with E-state index in [4.69, 9.17) is 0 Å². The van der Waals surface area contributed by atoms with Crippen LogP contribution in [0.25, 0.3) is 0 Å². The molecule has 0 amide bonds. The summed E-state index contributed by atoms with van der Waals surface area (Å²) in [5.41, 5.74) is 1.96. The molecule has 0 aliphatic carbocycles. The summed E-state index contributed by atoms with van der Waals surface area (Å²) in [7, 11) is -6.36. The second kappa shape index (κ2) is 10.8. The lowest BCUT2D eigenvalue weighted by atomic mass is 10.0. The zero-order valence-corrected chi connectivity index (χ0v) is 18.1. The van der Waals surface area contributed by atoms with Gasteiger partial charge in [-0.3, -0.25) is 0 Å². The van der Waals surface area contributed by atoms with E-state index < -0.39 is 25.3 Å². The minimum atomic E-state index is -3.25. The van der Waals surface area contributed by atoms with Crippen LogP contribution in [0, 0.1) is 11.8 Å². The highest BCUT2D eigenvalue weighted by atomic mass is 32.2. The average Bonchev–Trinajstić information content (AvgIpc) is 2.58. The first-order valence-corrected chi connectivity index (χ1v) is 12.5. The van der Waals surface area contributed by atoms with E-state index >= 15 is 0 Å². The van der Waals surface area contributed by atoms with Crippen molar-refractivity contribution in [1.29, 1.82) is 0 Å². The Labute approximate surface area is 164 Å². The smallest absolute Gasteiger partial charge is 0.213 e. The molecule has 1 unspecified atom stereocenters. The van der Waals surface area contributed by atoms with E-state index in [1.807, 2.05) is 31.2 Å². The third kappa shape index (κ3) is 9.91. The van der Waals surface area contributed by atoms with Gasteiger partial charge in [-0.05, 0) is 50.3 Å². The van der Waals surface area contributed by atoms with Gasteiger partial charge in [-0.25, -0.2) is 26.3 Å². The zero-order valence-electron chi connectivity index (χ0n) is 16.4. The first kappa shape index (κ1) is 23.6. The standard InChI is InChI=1S/C19H30N2O4S2/c1-16(2)27(24,25)21-15-17(3)19-12-10-18(11-13-19)9-7-5-6-8-14-20-26(4,22)23/h10-13,16-17,20-21H,5-6,8,14-15H2,1-4H3. The molecule has 0 bridgehead atoms. The number of benzene rings is 1. The molecule has 0 aliphatic rings. The maximum absolute atomic E-state index is 11.8. The van der Waals surface area contributed by atoms with Crippen LogP contribution < -0.4 is 9.44 Å². The van der Waals surface area contributed by atoms with Crippen molar-refractivity contribution in [3.8, 4) is 11.8 Å². The maximum Gasteiger partial charge on any atom is 0.213 e. The number of hydrogen-bond acceptors (Lipinski definition) is 4. The minimum absolute atomic E-state index is 0.0721. The lowest BCUT2D eigenvalue weighted by Crippen LogP contribution is -2.33. The molecule has 1 rings (SSSR count). The van der Waals surface area contributed by atoms with Gasteiger partial charge < -0.3 is 0 Å². The highest BCUT2D eigenvalue weighted by Gasteiger charge is 2.16. The van der Waals surface area contributed by atoms with E-state index in [1.54, 1.807) is 13.8 Å². The van der Waals surface area contributed by atoms with Gasteiger partial charge in [0.05, 0.1) is 11.5 Å². The van der Waals surface area contributed by atoms with E-state index in [9.17, 15) is 16.8 Å². The summed E-state index contributed by atoms with van der Waals surface area (Å²) in [4.78, 5) is 0. The molecular formula is C19H30N2O4S2. The summed E-state index contributed by atoms with van der Waals surface area (Å²) in [6.07, 6.45) is 3.45. The van der Waals surface area contributed by atoms with Gasteiger partial charge in [0.1, 0.15) is 0 Å². The lowest BCUT2D eigenvalue weighted by molar-refractivity contribution is 0.566. The third-order valence-electron chi connectivity index (χ3n) is 4.02. The number of unbranched alkanes of at least 4 members (excludes halogenated alkanes) is 2. The molecule has 0 saturated carbocycles. The van der Waals surface area contributed by atoms with Crippen LogP contribution in [0.2, 0.25) is 0 Å². The molecule has 1 aromatic rings. The topological polar surface area (TPSA) is 92.3 Å². The second-order valence-electron chi connectivity index (χ2n) is 6.89. The highest BCUT2D eigenvalue weighted by Crippen LogP contribution is 2.15. The van der Waals surface area contributed by atoms with E-state index in [2.05, 4.69) is 21.3 Å². The zero-order chi connectivity index (χ0) is 20.5. The van der Waals surface area contributed by atoms with Crippen LogP contribution >= 0.6 is 0 Å². The Kier molecular flexibility index (Phi) is 9.47. The Balaban J connectivity index is 2.43. The van der Waals surface area contributed by atoms with Crippen molar-refractivity contribution < 1.29 is 16.8 Å². The largest absolute Gasteiger partial charge is 0.215 e. The Morgan fingerprint density at radius 3 is 2.15 bits per heavy atom. The molecule has 8 heteroatoms. The van der Waals surface area contributed by atoms with Crippen molar-refractivity contribution in [3.05, 3.63) is 35.4 Å². The van der Waals surface area contributed by atoms with Crippen LogP contribution in [-0.2, 0) is 20.0 Å². The molecule has 1 atom stereocenters. The van der Waals surface area contributed by atoms with Crippen LogP contribution in [0.4, 0.5) is 0 Å². The van der Waals surface area contributed by atoms with Gasteiger partial charge >= 0.3 is 0 Å². The molecule has 1 aromatic carbocycles. The van der Waals surface area contributed by atoms with E-state index in [1.165, 1.54) is 0 Å². The van der Waals surface area contributed by atoms with Crippen LogP contribution in [0.3, 0.4) is 0 Å². The van der Waals surface area contributed by atoms with Crippen LogP contribution in [-0.4, -0.2) is 41.4 Å². The van der Waals surface area contributed by atoms with Crippen LogP contribution in [0.5, 0.6) is 0 Å². The fourth-order valence-corrected chi connectivity index (χ4v) is 3.51. The van der Waals surface area contributed by atoms with Gasteiger partial charge in [-0.2, -0.15) is 0 Å². The minimum Gasteiger partial charge on any atom is -0.215 e. The van der Waals surface area contributed by atoms with Gasteiger partial charge in [0.2, 0.25) is 20.0 Å². The first-order valence-electron chi connectivity index (χ1n) is 9.03. The predicted molar refractivity (Wildman–Crippen MR) is 110 cm³/mol. The van der Waals surface area contributed by atoms with Crippen molar-refractivity contribution in [2.24, 2.45) is 0 Å². The number of nitrogens with one attached hydrogen (secondary N) is 2. The van der Waals surface area contributed by atoms with E-state index in [-0.39, 0.29) is 5.92 Å². The lowest BCUT2D eigenvalue weighted by Gasteiger charge is -2.15. The fourth-order valence-electron chi connectivity index (χ4n) is 2.18. The number of sulfonamides is 2. The van der Waals surface area contributed by atoms with Crippen molar-refractivity contribution in [3.63, 3.8) is 0 Å². The molecule has 2 N–H and O–H groups in total. The van der Waals surface area contributed by atoms with Gasteiger partial charge in [-0.15, -0.1) is 0 Å². The fraction of sp³-hybridized carbons (Fsp3) is 0.579. The summed E-state index contributed by atoms with van der Waals surface area (Å²) >= 11 is 0. The molecule has 152 valence electrons. The molecule has 27 heavy (non-hydrogen) atoms. The van der Waals surface area contributed by atoms with Crippen LogP contribution in [0.15, 0.2) is 24.3 Å². The van der Waals surface area contributed by atoms with Crippen molar-refractivity contribution in [1.82, 2.24) is 9.44 Å².